The summed E-state index contributed by atoms with van der Waals surface area (Å²) in [5.41, 5.74) is 7.86. The summed E-state index contributed by atoms with van der Waals surface area (Å²) in [6, 6.07) is 8.58. The molecule has 2 N–H and O–H groups in total. The maximum atomic E-state index is 13.4. The van der Waals surface area contributed by atoms with Crippen LogP contribution in [-0.4, -0.2) is 0 Å². The molecule has 0 fully saturated rings. The van der Waals surface area contributed by atoms with Crippen molar-refractivity contribution in [3.8, 4) is 0 Å². The maximum Gasteiger partial charge on any atom is 0.127 e. The third-order valence-corrected chi connectivity index (χ3v) is 3.36. The number of thiophene rings is 1. The van der Waals surface area contributed by atoms with Gasteiger partial charge in [0.15, 0.2) is 0 Å². The van der Waals surface area contributed by atoms with Crippen LogP contribution >= 0.6 is 11.3 Å². The smallest absolute Gasteiger partial charge is 0.127 e. The molecular formula is C13H14FNS. The van der Waals surface area contributed by atoms with Crippen molar-refractivity contribution in [2.75, 3.05) is 0 Å². The van der Waals surface area contributed by atoms with E-state index in [4.69, 9.17) is 5.73 Å². The van der Waals surface area contributed by atoms with E-state index >= 15 is 0 Å². The van der Waals surface area contributed by atoms with Gasteiger partial charge in [-0.05, 0) is 41.3 Å². The molecule has 84 valence electrons. The van der Waals surface area contributed by atoms with Crippen LogP contribution in [0.2, 0.25) is 0 Å². The summed E-state index contributed by atoms with van der Waals surface area (Å²) in [5, 5.41) is 4.15. The summed E-state index contributed by atoms with van der Waals surface area (Å²) < 4.78 is 13.4. The van der Waals surface area contributed by atoms with Gasteiger partial charge in [-0.1, -0.05) is 18.2 Å². The first-order valence-corrected chi connectivity index (χ1v) is 6.23. The van der Waals surface area contributed by atoms with Crippen LogP contribution in [0.4, 0.5) is 4.39 Å². The fourth-order valence-corrected chi connectivity index (χ4v) is 2.39. The van der Waals surface area contributed by atoms with Crippen molar-refractivity contribution in [3.05, 3.63) is 58.0 Å². The van der Waals surface area contributed by atoms with E-state index in [2.05, 4.69) is 11.4 Å². The molecule has 1 unspecified atom stereocenters. The van der Waals surface area contributed by atoms with E-state index in [1.54, 1.807) is 23.5 Å². The predicted octanol–water partition coefficient (Wildman–Crippen LogP) is 3.52. The number of hydrogen-bond acceptors (Lipinski definition) is 2. The molecule has 2 aromatic rings. The van der Waals surface area contributed by atoms with Crippen LogP contribution in [0.3, 0.4) is 0 Å². The summed E-state index contributed by atoms with van der Waals surface area (Å²) in [7, 11) is 0. The van der Waals surface area contributed by atoms with E-state index in [-0.39, 0.29) is 11.9 Å². The molecule has 1 nitrogen and oxygen atoms in total. The second-order valence-corrected chi connectivity index (χ2v) is 4.58. The number of benzene rings is 1. The lowest BCUT2D eigenvalue weighted by molar-refractivity contribution is 0.564. The van der Waals surface area contributed by atoms with Crippen LogP contribution in [0, 0.1) is 5.82 Å². The molecule has 0 saturated heterocycles. The molecule has 0 amide bonds. The summed E-state index contributed by atoms with van der Waals surface area (Å²) in [6.45, 7) is 0. The predicted molar refractivity (Wildman–Crippen MR) is 66.0 cm³/mol. The zero-order valence-corrected chi connectivity index (χ0v) is 9.71. The molecule has 0 spiro atoms. The second kappa shape index (κ2) is 5.23. The van der Waals surface area contributed by atoms with Crippen molar-refractivity contribution in [2.45, 2.75) is 18.9 Å². The van der Waals surface area contributed by atoms with Gasteiger partial charge in [0.05, 0.1) is 0 Å². The lowest BCUT2D eigenvalue weighted by Gasteiger charge is -2.12. The Kier molecular flexibility index (Phi) is 3.70. The number of rotatable bonds is 4. The zero-order chi connectivity index (χ0) is 11.4. The third-order valence-electron chi connectivity index (χ3n) is 2.63. The van der Waals surface area contributed by atoms with Gasteiger partial charge in [0.25, 0.3) is 0 Å². The minimum atomic E-state index is -0.221. The Bertz CT molecular complexity index is 439. The van der Waals surface area contributed by atoms with E-state index in [1.165, 1.54) is 11.6 Å². The largest absolute Gasteiger partial charge is 0.324 e. The Morgan fingerprint density at radius 3 is 2.75 bits per heavy atom. The van der Waals surface area contributed by atoms with Gasteiger partial charge in [-0.25, -0.2) is 4.39 Å². The SMILES string of the molecule is NC(CCc1ccsc1)c1ccccc1F. The first-order valence-electron chi connectivity index (χ1n) is 5.28. The standard InChI is InChI=1S/C13H14FNS/c14-12-4-2-1-3-11(12)13(15)6-5-10-7-8-16-9-10/h1-4,7-9,13H,5-6,15H2. The molecule has 1 aromatic carbocycles. The van der Waals surface area contributed by atoms with E-state index in [9.17, 15) is 4.39 Å². The number of halogens is 1. The van der Waals surface area contributed by atoms with Gasteiger partial charge in [0, 0.05) is 11.6 Å². The quantitative estimate of drug-likeness (QED) is 0.862. The van der Waals surface area contributed by atoms with Gasteiger partial charge in [0.2, 0.25) is 0 Å². The van der Waals surface area contributed by atoms with Crippen molar-refractivity contribution in [3.63, 3.8) is 0 Å². The first kappa shape index (κ1) is 11.3. The Morgan fingerprint density at radius 2 is 2.06 bits per heavy atom. The van der Waals surface area contributed by atoms with Gasteiger partial charge in [0.1, 0.15) is 5.82 Å². The maximum absolute atomic E-state index is 13.4. The van der Waals surface area contributed by atoms with E-state index in [0.717, 1.165) is 12.8 Å². The highest BCUT2D eigenvalue weighted by molar-refractivity contribution is 7.07. The highest BCUT2D eigenvalue weighted by Crippen LogP contribution is 2.20. The Morgan fingerprint density at radius 1 is 1.25 bits per heavy atom. The summed E-state index contributed by atoms with van der Waals surface area (Å²) >= 11 is 1.68. The summed E-state index contributed by atoms with van der Waals surface area (Å²) in [6.07, 6.45) is 1.68. The van der Waals surface area contributed by atoms with Gasteiger partial charge in [-0.15, -0.1) is 0 Å². The fourth-order valence-electron chi connectivity index (χ4n) is 1.69. The van der Waals surface area contributed by atoms with Gasteiger partial charge >= 0.3 is 0 Å². The Labute approximate surface area is 98.7 Å². The lowest BCUT2D eigenvalue weighted by atomic mass is 10.0. The highest BCUT2D eigenvalue weighted by atomic mass is 32.1. The van der Waals surface area contributed by atoms with Gasteiger partial charge in [-0.2, -0.15) is 11.3 Å². The van der Waals surface area contributed by atoms with Crippen LogP contribution in [-0.2, 0) is 6.42 Å². The molecule has 1 aromatic heterocycles. The molecule has 3 heteroatoms. The van der Waals surface area contributed by atoms with Crippen LogP contribution < -0.4 is 5.73 Å². The van der Waals surface area contributed by atoms with E-state index in [1.807, 2.05) is 11.4 Å². The molecular weight excluding hydrogens is 221 g/mol. The first-order chi connectivity index (χ1) is 7.77. The molecule has 0 aliphatic heterocycles. The highest BCUT2D eigenvalue weighted by Gasteiger charge is 2.10. The molecule has 0 aliphatic carbocycles. The van der Waals surface area contributed by atoms with Crippen LogP contribution in [0.5, 0.6) is 0 Å². The third kappa shape index (κ3) is 2.68. The van der Waals surface area contributed by atoms with Crippen molar-refractivity contribution in [1.29, 1.82) is 0 Å². The molecule has 0 radical (unpaired) electrons. The molecule has 1 atom stereocenters. The van der Waals surface area contributed by atoms with Crippen molar-refractivity contribution >= 4 is 11.3 Å². The average molecular weight is 235 g/mol. The van der Waals surface area contributed by atoms with Crippen LogP contribution in [0.25, 0.3) is 0 Å². The van der Waals surface area contributed by atoms with E-state index < -0.39 is 0 Å². The van der Waals surface area contributed by atoms with Crippen LogP contribution in [0.15, 0.2) is 41.1 Å². The molecule has 0 aliphatic rings. The summed E-state index contributed by atoms with van der Waals surface area (Å²) in [4.78, 5) is 0. The topological polar surface area (TPSA) is 26.0 Å². The zero-order valence-electron chi connectivity index (χ0n) is 8.90. The Balaban J connectivity index is 1.98. The average Bonchev–Trinajstić information content (AvgIpc) is 2.79. The molecule has 16 heavy (non-hydrogen) atoms. The molecule has 1 heterocycles. The van der Waals surface area contributed by atoms with Crippen molar-refractivity contribution in [1.82, 2.24) is 0 Å². The van der Waals surface area contributed by atoms with Crippen molar-refractivity contribution < 1.29 is 4.39 Å². The monoisotopic (exact) mass is 235 g/mol. The molecule has 2 rings (SSSR count). The number of hydrogen-bond donors (Lipinski definition) is 1. The fraction of sp³-hybridized carbons (Fsp3) is 0.231. The normalized spacial score (nSPS) is 12.6. The van der Waals surface area contributed by atoms with Crippen LogP contribution in [0.1, 0.15) is 23.6 Å². The van der Waals surface area contributed by atoms with Gasteiger partial charge in [-0.3, -0.25) is 0 Å². The Hall–Kier alpha value is -1.19. The minimum absolute atomic E-state index is 0.208. The second-order valence-electron chi connectivity index (χ2n) is 3.80. The number of nitrogens with two attached hydrogens (primary N) is 1. The minimum Gasteiger partial charge on any atom is -0.324 e. The molecule has 0 saturated carbocycles. The summed E-state index contributed by atoms with van der Waals surface area (Å²) in [5.74, 6) is -0.208. The molecule has 0 bridgehead atoms. The number of aryl methyl sites for hydroxylation is 1. The van der Waals surface area contributed by atoms with Gasteiger partial charge < -0.3 is 5.73 Å². The van der Waals surface area contributed by atoms with Crippen molar-refractivity contribution in [2.24, 2.45) is 5.73 Å². The van der Waals surface area contributed by atoms with E-state index in [0.29, 0.717) is 5.56 Å². The lowest BCUT2D eigenvalue weighted by Crippen LogP contribution is -2.12.